The molecule has 48 heavy (non-hydrogen) atoms. The van der Waals surface area contributed by atoms with Crippen molar-refractivity contribution in [2.24, 2.45) is 9.98 Å². The Labute approximate surface area is 282 Å². The van der Waals surface area contributed by atoms with Crippen molar-refractivity contribution < 1.29 is 0 Å². The van der Waals surface area contributed by atoms with Crippen molar-refractivity contribution in [3.05, 3.63) is 180 Å². The Morgan fingerprint density at radius 3 is 1.94 bits per heavy atom. The summed E-state index contributed by atoms with van der Waals surface area (Å²) < 4.78 is 2.44. The van der Waals surface area contributed by atoms with E-state index < -0.39 is 0 Å². The molecular formula is C44H29N3S. The van der Waals surface area contributed by atoms with Gasteiger partial charge in [0.25, 0.3) is 0 Å². The van der Waals surface area contributed by atoms with Crippen LogP contribution in [-0.2, 0) is 0 Å². The van der Waals surface area contributed by atoms with E-state index in [0.29, 0.717) is 12.3 Å². The van der Waals surface area contributed by atoms with Crippen LogP contribution in [0.25, 0.3) is 59.2 Å². The third-order valence-corrected chi connectivity index (χ3v) is 10.1. The summed E-state index contributed by atoms with van der Waals surface area (Å²) in [6, 6.07) is 55.3. The van der Waals surface area contributed by atoms with E-state index in [-0.39, 0.29) is 0 Å². The molecule has 9 rings (SSSR count). The lowest BCUT2D eigenvalue weighted by Crippen LogP contribution is -2.05. The molecule has 0 saturated carbocycles. The third kappa shape index (κ3) is 5.13. The highest BCUT2D eigenvalue weighted by atomic mass is 32.1. The number of pyridine rings is 1. The topological polar surface area (TPSA) is 37.6 Å². The van der Waals surface area contributed by atoms with E-state index in [4.69, 9.17) is 15.0 Å². The van der Waals surface area contributed by atoms with Gasteiger partial charge in [0.05, 0.1) is 27.1 Å². The van der Waals surface area contributed by atoms with Gasteiger partial charge < -0.3 is 0 Å². The Morgan fingerprint density at radius 2 is 1.10 bits per heavy atom. The summed E-state index contributed by atoms with van der Waals surface area (Å²) in [5.41, 5.74) is 11.8. The number of fused-ring (bicyclic) bond motifs is 4. The van der Waals surface area contributed by atoms with Crippen LogP contribution in [0.5, 0.6) is 0 Å². The minimum absolute atomic E-state index is 0.673. The molecule has 0 fully saturated rings. The van der Waals surface area contributed by atoms with Gasteiger partial charge in [0.1, 0.15) is 0 Å². The maximum Gasteiger partial charge on any atom is 0.160 e. The van der Waals surface area contributed by atoms with Crippen LogP contribution in [0, 0.1) is 0 Å². The number of thiophene rings is 1. The van der Waals surface area contributed by atoms with Crippen molar-refractivity contribution in [2.75, 3.05) is 0 Å². The zero-order valence-corrected chi connectivity index (χ0v) is 26.9. The molecule has 0 bridgehead atoms. The van der Waals surface area contributed by atoms with Gasteiger partial charge in [-0.15, -0.1) is 11.3 Å². The molecule has 8 aromatic rings. The smallest absolute Gasteiger partial charge is 0.160 e. The van der Waals surface area contributed by atoms with Gasteiger partial charge in [0, 0.05) is 33.0 Å². The van der Waals surface area contributed by atoms with Crippen LogP contribution in [0.2, 0.25) is 0 Å². The molecule has 4 heteroatoms. The first-order valence-corrected chi connectivity index (χ1v) is 17.0. The van der Waals surface area contributed by atoms with Gasteiger partial charge in [-0.05, 0) is 52.1 Å². The van der Waals surface area contributed by atoms with Crippen LogP contribution >= 0.6 is 11.3 Å². The van der Waals surface area contributed by atoms with Crippen LogP contribution in [0.15, 0.2) is 174 Å². The number of aliphatic imine (C=N–C) groups is 2. The van der Waals surface area contributed by atoms with Crippen molar-refractivity contribution in [3.63, 3.8) is 0 Å². The van der Waals surface area contributed by atoms with E-state index in [9.17, 15) is 0 Å². The maximum atomic E-state index is 5.33. The molecule has 0 unspecified atom stereocenters. The highest BCUT2D eigenvalue weighted by Crippen LogP contribution is 2.43. The van der Waals surface area contributed by atoms with Gasteiger partial charge in [0.2, 0.25) is 0 Å². The Hall–Kier alpha value is -5.97. The second-order valence-corrected chi connectivity index (χ2v) is 13.0. The second-order valence-electron chi connectivity index (χ2n) is 12.0. The molecular weight excluding hydrogens is 603 g/mol. The van der Waals surface area contributed by atoms with E-state index in [1.165, 1.54) is 31.5 Å². The first-order valence-electron chi connectivity index (χ1n) is 16.2. The largest absolute Gasteiger partial charge is 0.246 e. The third-order valence-electron chi connectivity index (χ3n) is 8.94. The SMILES string of the molecule is C1=C(c2ccccc2)N=C(c2cccc(-c3c4ccccc4nc4c3sc3ccccc34)c2)N=C(c2cccc(-c3ccccc3)c2)C1. The fourth-order valence-corrected chi connectivity index (χ4v) is 7.82. The van der Waals surface area contributed by atoms with E-state index >= 15 is 0 Å². The molecule has 1 aliphatic rings. The molecule has 226 valence electrons. The first-order chi connectivity index (χ1) is 23.8. The highest BCUT2D eigenvalue weighted by Gasteiger charge is 2.19. The fraction of sp³-hybridized carbons (Fsp3) is 0.0227. The van der Waals surface area contributed by atoms with Gasteiger partial charge in [0.15, 0.2) is 5.84 Å². The number of hydrogen-bond acceptors (Lipinski definition) is 4. The number of nitrogens with zero attached hydrogens (tertiary/aromatic N) is 3. The molecule has 2 aromatic heterocycles. The number of aromatic nitrogens is 1. The van der Waals surface area contributed by atoms with E-state index in [1.807, 2.05) is 17.4 Å². The summed E-state index contributed by atoms with van der Waals surface area (Å²) in [7, 11) is 0. The maximum absolute atomic E-state index is 5.33. The van der Waals surface area contributed by atoms with Gasteiger partial charge in [-0.25, -0.2) is 15.0 Å². The van der Waals surface area contributed by atoms with Crippen LogP contribution in [0.4, 0.5) is 0 Å². The van der Waals surface area contributed by atoms with Crippen molar-refractivity contribution in [1.82, 2.24) is 4.98 Å². The van der Waals surface area contributed by atoms with Gasteiger partial charge in [-0.1, -0.05) is 140 Å². The molecule has 6 aromatic carbocycles. The van der Waals surface area contributed by atoms with E-state index in [2.05, 4.69) is 158 Å². The van der Waals surface area contributed by atoms with Crippen molar-refractivity contribution in [1.29, 1.82) is 0 Å². The van der Waals surface area contributed by atoms with Crippen LogP contribution in [-0.4, -0.2) is 16.5 Å². The minimum atomic E-state index is 0.673. The summed E-state index contributed by atoms with van der Waals surface area (Å²) >= 11 is 1.81. The summed E-state index contributed by atoms with van der Waals surface area (Å²) in [6.07, 6.45) is 2.88. The van der Waals surface area contributed by atoms with Crippen LogP contribution in [0.3, 0.4) is 0 Å². The Morgan fingerprint density at radius 1 is 0.479 bits per heavy atom. The van der Waals surface area contributed by atoms with Gasteiger partial charge >= 0.3 is 0 Å². The summed E-state index contributed by atoms with van der Waals surface area (Å²) in [5, 5.41) is 2.33. The molecule has 0 saturated heterocycles. The zero-order valence-electron chi connectivity index (χ0n) is 26.0. The van der Waals surface area contributed by atoms with Crippen molar-refractivity contribution in [3.8, 4) is 22.3 Å². The first kappa shape index (κ1) is 28.3. The fourth-order valence-electron chi connectivity index (χ4n) is 6.60. The molecule has 3 nitrogen and oxygen atoms in total. The standard InChI is InChI=1S/C44H29N3S/c1-3-13-29(14-4-1)31-17-11-18-32(27-31)38-26-25-37(30-15-5-2-6-16-30)46-44(47-38)34-20-12-19-33(28-34)41-35-21-7-9-23-39(35)45-42-36-22-8-10-24-40(36)48-43(41)42/h1-25,27-28H,26H2. The van der Waals surface area contributed by atoms with Crippen LogP contribution in [0.1, 0.15) is 23.1 Å². The Balaban J connectivity index is 1.22. The lowest BCUT2D eigenvalue weighted by atomic mass is 9.97. The van der Waals surface area contributed by atoms with Crippen LogP contribution < -0.4 is 0 Å². The van der Waals surface area contributed by atoms with E-state index in [1.54, 1.807) is 0 Å². The molecule has 0 amide bonds. The average molecular weight is 632 g/mol. The molecule has 0 aliphatic carbocycles. The Bertz CT molecular complexity index is 2580. The minimum Gasteiger partial charge on any atom is -0.246 e. The normalized spacial score (nSPS) is 13.3. The van der Waals surface area contributed by atoms with Crippen molar-refractivity contribution in [2.45, 2.75) is 6.42 Å². The van der Waals surface area contributed by atoms with E-state index in [0.717, 1.165) is 50.1 Å². The average Bonchev–Trinajstić information content (AvgIpc) is 3.37. The van der Waals surface area contributed by atoms with Crippen molar-refractivity contribution >= 4 is 59.8 Å². The predicted octanol–water partition coefficient (Wildman–Crippen LogP) is 11.6. The number of rotatable bonds is 5. The van der Waals surface area contributed by atoms with Gasteiger partial charge in [-0.2, -0.15) is 0 Å². The molecule has 0 N–H and O–H groups in total. The number of para-hydroxylation sites is 1. The predicted molar refractivity (Wildman–Crippen MR) is 204 cm³/mol. The molecule has 0 atom stereocenters. The summed E-state index contributed by atoms with van der Waals surface area (Å²) in [6.45, 7) is 0. The Kier molecular flexibility index (Phi) is 7.07. The number of allylic oxidation sites excluding steroid dienone is 1. The molecule has 3 heterocycles. The second kappa shape index (κ2) is 12.0. The van der Waals surface area contributed by atoms with Gasteiger partial charge in [-0.3, -0.25) is 0 Å². The molecule has 1 aliphatic heterocycles. The quantitative estimate of drug-likeness (QED) is 0.186. The summed E-state index contributed by atoms with van der Waals surface area (Å²) in [4.78, 5) is 15.7. The lowest BCUT2D eigenvalue weighted by Gasteiger charge is -2.11. The molecule has 0 radical (unpaired) electrons. The zero-order chi connectivity index (χ0) is 31.9. The molecule has 0 spiro atoms. The number of hydrogen-bond donors (Lipinski definition) is 0. The lowest BCUT2D eigenvalue weighted by molar-refractivity contribution is 1.42. The number of benzene rings is 6. The monoisotopic (exact) mass is 631 g/mol. The number of amidine groups is 1. The highest BCUT2D eigenvalue weighted by molar-refractivity contribution is 7.26. The summed E-state index contributed by atoms with van der Waals surface area (Å²) in [5.74, 6) is 0.704.